The van der Waals surface area contributed by atoms with Gasteiger partial charge in [0, 0.05) is 10.5 Å². The van der Waals surface area contributed by atoms with Gasteiger partial charge in [-0.25, -0.2) is 8.42 Å². The highest BCUT2D eigenvalue weighted by Crippen LogP contribution is 2.27. The molecule has 0 spiro atoms. The standard InChI is InChI=1S/C13H18BrNO2S/c14-10-6-8-11(9-7-10)18(16,17)13-5-3-1-2-4-12(13)15/h6-9,12-13H,1-5,15H2. The second-order valence-electron chi connectivity index (χ2n) is 4.84. The molecule has 0 aromatic heterocycles. The van der Waals surface area contributed by atoms with Crippen LogP contribution in [-0.2, 0) is 9.84 Å². The molecular weight excluding hydrogens is 314 g/mol. The van der Waals surface area contributed by atoms with Gasteiger partial charge in [0.15, 0.2) is 9.84 Å². The molecule has 1 saturated carbocycles. The summed E-state index contributed by atoms with van der Waals surface area (Å²) in [5, 5.41) is -0.429. The summed E-state index contributed by atoms with van der Waals surface area (Å²) < 4.78 is 26.0. The Morgan fingerprint density at radius 2 is 1.67 bits per heavy atom. The van der Waals surface area contributed by atoms with Gasteiger partial charge in [-0.05, 0) is 37.1 Å². The minimum atomic E-state index is -3.30. The lowest BCUT2D eigenvalue weighted by Gasteiger charge is -2.21. The molecule has 1 fully saturated rings. The zero-order chi connectivity index (χ0) is 13.2. The summed E-state index contributed by atoms with van der Waals surface area (Å²) in [7, 11) is -3.30. The molecule has 0 aliphatic heterocycles. The van der Waals surface area contributed by atoms with Crippen LogP contribution in [0.1, 0.15) is 32.1 Å². The largest absolute Gasteiger partial charge is 0.327 e. The van der Waals surface area contributed by atoms with E-state index in [2.05, 4.69) is 15.9 Å². The monoisotopic (exact) mass is 331 g/mol. The third-order valence-corrected chi connectivity index (χ3v) is 6.38. The molecule has 18 heavy (non-hydrogen) atoms. The summed E-state index contributed by atoms with van der Waals surface area (Å²) in [6.45, 7) is 0. The molecule has 2 rings (SSSR count). The average molecular weight is 332 g/mol. The van der Waals surface area contributed by atoms with Gasteiger partial charge in [-0.15, -0.1) is 0 Å². The predicted molar refractivity (Wildman–Crippen MR) is 76.2 cm³/mol. The Labute approximate surface area is 117 Å². The second kappa shape index (κ2) is 5.72. The molecule has 3 nitrogen and oxygen atoms in total. The maximum Gasteiger partial charge on any atom is 0.182 e. The summed E-state index contributed by atoms with van der Waals surface area (Å²) in [5.74, 6) is 0. The molecule has 2 unspecified atom stereocenters. The topological polar surface area (TPSA) is 60.2 Å². The SMILES string of the molecule is NC1CCCCCC1S(=O)(=O)c1ccc(Br)cc1. The van der Waals surface area contributed by atoms with Gasteiger partial charge < -0.3 is 5.73 Å². The number of sulfone groups is 1. The Hall–Kier alpha value is -0.390. The molecule has 100 valence electrons. The maximum atomic E-state index is 12.6. The van der Waals surface area contributed by atoms with Crippen molar-refractivity contribution in [2.75, 3.05) is 0 Å². The third-order valence-electron chi connectivity index (χ3n) is 3.54. The van der Waals surface area contributed by atoms with Crippen LogP contribution in [0.5, 0.6) is 0 Å². The van der Waals surface area contributed by atoms with Gasteiger partial charge in [0.1, 0.15) is 0 Å². The minimum absolute atomic E-state index is 0.235. The maximum absolute atomic E-state index is 12.6. The molecular formula is C13H18BrNO2S. The van der Waals surface area contributed by atoms with Crippen molar-refractivity contribution in [3.8, 4) is 0 Å². The van der Waals surface area contributed by atoms with Crippen molar-refractivity contribution in [1.82, 2.24) is 0 Å². The molecule has 2 atom stereocenters. The molecule has 0 amide bonds. The van der Waals surface area contributed by atoms with Crippen molar-refractivity contribution in [2.24, 2.45) is 5.73 Å². The van der Waals surface area contributed by atoms with E-state index in [0.29, 0.717) is 11.3 Å². The molecule has 5 heteroatoms. The van der Waals surface area contributed by atoms with Crippen molar-refractivity contribution in [3.63, 3.8) is 0 Å². The first-order chi connectivity index (χ1) is 8.51. The Balaban J connectivity index is 2.31. The Bertz CT molecular complexity index is 498. The van der Waals surface area contributed by atoms with Gasteiger partial charge in [-0.2, -0.15) is 0 Å². The first kappa shape index (κ1) is 14.0. The van der Waals surface area contributed by atoms with E-state index in [9.17, 15) is 8.42 Å². The highest BCUT2D eigenvalue weighted by atomic mass is 79.9. The summed E-state index contributed by atoms with van der Waals surface area (Å²) in [5.41, 5.74) is 6.04. The summed E-state index contributed by atoms with van der Waals surface area (Å²) >= 11 is 3.31. The quantitative estimate of drug-likeness (QED) is 0.847. The fourth-order valence-corrected chi connectivity index (χ4v) is 4.69. The van der Waals surface area contributed by atoms with Crippen molar-refractivity contribution in [1.29, 1.82) is 0 Å². The van der Waals surface area contributed by atoms with Crippen LogP contribution in [0, 0.1) is 0 Å². The van der Waals surface area contributed by atoms with Gasteiger partial charge in [-0.1, -0.05) is 35.2 Å². The fourth-order valence-electron chi connectivity index (χ4n) is 2.49. The normalized spacial score (nSPS) is 25.7. The molecule has 0 bridgehead atoms. The predicted octanol–water partition coefficient (Wildman–Crippen LogP) is 2.88. The van der Waals surface area contributed by atoms with Crippen LogP contribution < -0.4 is 5.73 Å². The number of halogens is 1. The first-order valence-corrected chi connectivity index (χ1v) is 8.61. The summed E-state index contributed by atoms with van der Waals surface area (Å²) in [6, 6.07) is 6.58. The zero-order valence-corrected chi connectivity index (χ0v) is 12.6. The summed E-state index contributed by atoms with van der Waals surface area (Å²) in [6.07, 6.45) is 4.56. The number of nitrogens with two attached hydrogens (primary N) is 1. The third kappa shape index (κ3) is 2.95. The molecule has 0 saturated heterocycles. The Morgan fingerprint density at radius 3 is 2.33 bits per heavy atom. The van der Waals surface area contributed by atoms with Crippen LogP contribution in [0.3, 0.4) is 0 Å². The highest BCUT2D eigenvalue weighted by Gasteiger charge is 2.33. The zero-order valence-electron chi connectivity index (χ0n) is 10.2. The van der Waals surface area contributed by atoms with Crippen LogP contribution in [0.15, 0.2) is 33.6 Å². The van der Waals surface area contributed by atoms with Crippen LogP contribution >= 0.6 is 15.9 Å². The van der Waals surface area contributed by atoms with E-state index >= 15 is 0 Å². The van der Waals surface area contributed by atoms with E-state index in [1.165, 1.54) is 0 Å². The second-order valence-corrected chi connectivity index (χ2v) is 7.92. The molecule has 1 aliphatic carbocycles. The van der Waals surface area contributed by atoms with Crippen LogP contribution in [0.4, 0.5) is 0 Å². The van der Waals surface area contributed by atoms with Crippen LogP contribution in [0.2, 0.25) is 0 Å². The molecule has 1 aromatic rings. The van der Waals surface area contributed by atoms with Gasteiger partial charge in [-0.3, -0.25) is 0 Å². The van der Waals surface area contributed by atoms with Crippen LogP contribution in [-0.4, -0.2) is 19.7 Å². The van der Waals surface area contributed by atoms with Gasteiger partial charge in [0.25, 0.3) is 0 Å². The van der Waals surface area contributed by atoms with Crippen molar-refractivity contribution < 1.29 is 8.42 Å². The average Bonchev–Trinajstić information content (AvgIpc) is 2.55. The van der Waals surface area contributed by atoms with E-state index < -0.39 is 15.1 Å². The van der Waals surface area contributed by atoms with Gasteiger partial charge in [0.05, 0.1) is 10.1 Å². The van der Waals surface area contributed by atoms with E-state index in [1.54, 1.807) is 24.3 Å². The molecule has 2 N–H and O–H groups in total. The fraction of sp³-hybridized carbons (Fsp3) is 0.538. The highest BCUT2D eigenvalue weighted by molar-refractivity contribution is 9.10. The van der Waals surface area contributed by atoms with E-state index in [-0.39, 0.29) is 6.04 Å². The smallest absolute Gasteiger partial charge is 0.182 e. The molecule has 1 aromatic carbocycles. The van der Waals surface area contributed by atoms with Crippen LogP contribution in [0.25, 0.3) is 0 Å². The molecule has 1 aliphatic rings. The van der Waals surface area contributed by atoms with Crippen molar-refractivity contribution in [2.45, 2.75) is 48.3 Å². The number of hydrogen-bond acceptors (Lipinski definition) is 3. The van der Waals surface area contributed by atoms with E-state index in [0.717, 1.165) is 30.2 Å². The Morgan fingerprint density at radius 1 is 1.06 bits per heavy atom. The number of hydrogen-bond donors (Lipinski definition) is 1. The lowest BCUT2D eigenvalue weighted by Crippen LogP contribution is -2.39. The summed E-state index contributed by atoms with van der Waals surface area (Å²) in [4.78, 5) is 0.382. The first-order valence-electron chi connectivity index (χ1n) is 6.27. The minimum Gasteiger partial charge on any atom is -0.327 e. The molecule has 0 heterocycles. The van der Waals surface area contributed by atoms with E-state index in [1.807, 2.05) is 0 Å². The van der Waals surface area contributed by atoms with Crippen molar-refractivity contribution >= 4 is 25.8 Å². The number of benzene rings is 1. The number of rotatable bonds is 2. The van der Waals surface area contributed by atoms with Crippen molar-refractivity contribution in [3.05, 3.63) is 28.7 Å². The molecule has 0 radical (unpaired) electrons. The lowest BCUT2D eigenvalue weighted by atomic mass is 10.1. The van der Waals surface area contributed by atoms with E-state index in [4.69, 9.17) is 5.73 Å². The van der Waals surface area contributed by atoms with Gasteiger partial charge in [0.2, 0.25) is 0 Å². The lowest BCUT2D eigenvalue weighted by molar-refractivity contribution is 0.531. The van der Waals surface area contributed by atoms with Gasteiger partial charge >= 0.3 is 0 Å². The Kier molecular flexibility index (Phi) is 4.45.